The van der Waals surface area contributed by atoms with Crippen molar-refractivity contribution in [3.05, 3.63) is 28.7 Å². The minimum Gasteiger partial charge on any atom is -0.480 e. The third kappa shape index (κ3) is 2.85. The van der Waals surface area contributed by atoms with E-state index in [2.05, 4.69) is 21.2 Å². The Morgan fingerprint density at radius 3 is 2.57 bits per heavy atom. The van der Waals surface area contributed by atoms with E-state index in [1.807, 2.05) is 24.3 Å². The van der Waals surface area contributed by atoms with Gasteiger partial charge in [0.05, 0.1) is 11.6 Å². The van der Waals surface area contributed by atoms with Crippen LogP contribution in [0.2, 0.25) is 0 Å². The van der Waals surface area contributed by atoms with E-state index in [0.29, 0.717) is 12.8 Å². The standard InChI is InChI=1S/C16H17BrN2O4/c17-11-4-1-2-5-12(11)19-9-10(8-13(19)20)14(21)18-16(15(22)23)6-3-7-16/h1-2,4-5,10H,3,6-9H2,(H,18,21)(H,22,23)/t10-/m1/s1. The topological polar surface area (TPSA) is 86.7 Å². The average Bonchev–Trinajstić information content (AvgIpc) is 2.85. The zero-order valence-corrected chi connectivity index (χ0v) is 14.0. The molecule has 2 fully saturated rings. The molecule has 122 valence electrons. The Morgan fingerprint density at radius 2 is 2.00 bits per heavy atom. The Hall–Kier alpha value is -1.89. The van der Waals surface area contributed by atoms with E-state index in [0.717, 1.165) is 16.6 Å². The van der Waals surface area contributed by atoms with Crippen LogP contribution in [0.25, 0.3) is 0 Å². The van der Waals surface area contributed by atoms with Gasteiger partial charge in [-0.2, -0.15) is 0 Å². The van der Waals surface area contributed by atoms with Gasteiger partial charge < -0.3 is 15.3 Å². The first-order chi connectivity index (χ1) is 10.9. The monoisotopic (exact) mass is 380 g/mol. The Labute approximate surface area is 142 Å². The number of nitrogens with zero attached hydrogens (tertiary/aromatic N) is 1. The first-order valence-corrected chi connectivity index (χ1v) is 8.32. The van der Waals surface area contributed by atoms with Crippen LogP contribution in [0.15, 0.2) is 28.7 Å². The van der Waals surface area contributed by atoms with Gasteiger partial charge in [0.25, 0.3) is 0 Å². The van der Waals surface area contributed by atoms with Crippen molar-refractivity contribution in [2.24, 2.45) is 5.92 Å². The maximum Gasteiger partial charge on any atom is 0.329 e. The van der Waals surface area contributed by atoms with Gasteiger partial charge in [-0.1, -0.05) is 12.1 Å². The molecule has 2 aliphatic rings. The molecular formula is C16H17BrN2O4. The summed E-state index contributed by atoms with van der Waals surface area (Å²) < 4.78 is 0.787. The molecule has 0 radical (unpaired) electrons. The molecule has 1 aliphatic carbocycles. The summed E-state index contributed by atoms with van der Waals surface area (Å²) in [6, 6.07) is 7.33. The van der Waals surface area contributed by atoms with Crippen molar-refractivity contribution in [2.45, 2.75) is 31.2 Å². The molecular weight excluding hydrogens is 364 g/mol. The van der Waals surface area contributed by atoms with Gasteiger partial charge in [0, 0.05) is 17.4 Å². The first-order valence-electron chi connectivity index (χ1n) is 7.53. The minimum atomic E-state index is -1.14. The lowest BCUT2D eigenvalue weighted by atomic mass is 9.76. The summed E-state index contributed by atoms with van der Waals surface area (Å²) >= 11 is 3.41. The number of carboxylic acids is 1. The molecule has 0 spiro atoms. The number of nitrogens with one attached hydrogen (secondary N) is 1. The summed E-state index contributed by atoms with van der Waals surface area (Å²) in [4.78, 5) is 37.6. The van der Waals surface area contributed by atoms with Crippen LogP contribution < -0.4 is 10.2 Å². The SMILES string of the molecule is O=C(NC1(C(=O)O)CCC1)[C@@H]1CC(=O)N(c2ccccc2Br)C1. The molecule has 2 N–H and O–H groups in total. The number of hydrogen-bond donors (Lipinski definition) is 2. The molecule has 0 bridgehead atoms. The number of benzene rings is 1. The summed E-state index contributed by atoms with van der Waals surface area (Å²) in [6.45, 7) is 0.267. The van der Waals surface area contributed by atoms with Crippen LogP contribution in [0.4, 0.5) is 5.69 Å². The number of anilines is 1. The van der Waals surface area contributed by atoms with Gasteiger partial charge in [-0.15, -0.1) is 0 Å². The van der Waals surface area contributed by atoms with Crippen molar-refractivity contribution >= 4 is 39.4 Å². The number of amides is 2. The van der Waals surface area contributed by atoms with Crippen molar-refractivity contribution in [3.8, 4) is 0 Å². The van der Waals surface area contributed by atoms with Crippen molar-refractivity contribution in [1.82, 2.24) is 5.32 Å². The number of rotatable bonds is 4. The molecule has 1 aromatic carbocycles. The van der Waals surface area contributed by atoms with Crippen molar-refractivity contribution in [3.63, 3.8) is 0 Å². The number of halogens is 1. The van der Waals surface area contributed by atoms with Crippen LogP contribution in [0.5, 0.6) is 0 Å². The molecule has 1 aromatic rings. The van der Waals surface area contributed by atoms with E-state index in [1.165, 1.54) is 0 Å². The van der Waals surface area contributed by atoms with E-state index >= 15 is 0 Å². The number of aliphatic carboxylic acids is 1. The fourth-order valence-electron chi connectivity index (χ4n) is 3.05. The molecule has 7 heteroatoms. The molecule has 2 amide bonds. The molecule has 0 unspecified atom stereocenters. The molecule has 0 aromatic heterocycles. The van der Waals surface area contributed by atoms with Gasteiger partial charge in [0.2, 0.25) is 11.8 Å². The van der Waals surface area contributed by atoms with Gasteiger partial charge in [-0.3, -0.25) is 9.59 Å². The second-order valence-corrected chi connectivity index (χ2v) is 6.94. The fraction of sp³-hybridized carbons (Fsp3) is 0.438. The molecule has 1 saturated carbocycles. The Morgan fingerprint density at radius 1 is 1.30 bits per heavy atom. The van der Waals surface area contributed by atoms with Gasteiger partial charge in [-0.05, 0) is 47.3 Å². The summed E-state index contributed by atoms with van der Waals surface area (Å²) in [5, 5.41) is 11.9. The van der Waals surface area contributed by atoms with Crippen LogP contribution in [0.3, 0.4) is 0 Å². The van der Waals surface area contributed by atoms with Crippen LogP contribution in [-0.2, 0) is 14.4 Å². The van der Waals surface area contributed by atoms with E-state index in [9.17, 15) is 19.5 Å². The Bertz CT molecular complexity index is 672. The Kier molecular flexibility index (Phi) is 4.14. The molecule has 6 nitrogen and oxygen atoms in total. The van der Waals surface area contributed by atoms with E-state index in [4.69, 9.17) is 0 Å². The van der Waals surface area contributed by atoms with Crippen LogP contribution >= 0.6 is 15.9 Å². The van der Waals surface area contributed by atoms with Crippen LogP contribution in [0, 0.1) is 5.92 Å². The first kappa shape index (κ1) is 16.0. The van der Waals surface area contributed by atoms with E-state index < -0.39 is 17.4 Å². The molecule has 1 atom stereocenters. The maximum atomic E-state index is 12.4. The Balaban J connectivity index is 1.71. The maximum absolute atomic E-state index is 12.4. The summed E-state index contributed by atoms with van der Waals surface area (Å²) in [7, 11) is 0. The van der Waals surface area contributed by atoms with Crippen molar-refractivity contribution < 1.29 is 19.5 Å². The lowest BCUT2D eigenvalue weighted by molar-refractivity contribution is -0.152. The number of para-hydroxylation sites is 1. The molecule has 3 rings (SSSR count). The second-order valence-electron chi connectivity index (χ2n) is 6.09. The van der Waals surface area contributed by atoms with E-state index in [-0.39, 0.29) is 24.8 Å². The van der Waals surface area contributed by atoms with Gasteiger partial charge in [0.15, 0.2) is 0 Å². The number of hydrogen-bond acceptors (Lipinski definition) is 3. The molecule has 1 saturated heterocycles. The predicted molar refractivity (Wildman–Crippen MR) is 87.0 cm³/mol. The van der Waals surface area contributed by atoms with Gasteiger partial charge in [0.1, 0.15) is 5.54 Å². The van der Waals surface area contributed by atoms with Gasteiger partial charge >= 0.3 is 5.97 Å². The number of carbonyl (C=O) groups is 3. The van der Waals surface area contributed by atoms with Crippen LogP contribution in [0.1, 0.15) is 25.7 Å². The summed E-state index contributed by atoms with van der Waals surface area (Å²) in [5.74, 6) is -2.00. The van der Waals surface area contributed by atoms with E-state index in [1.54, 1.807) is 4.90 Å². The minimum absolute atomic E-state index is 0.100. The fourth-order valence-corrected chi connectivity index (χ4v) is 3.55. The van der Waals surface area contributed by atoms with Crippen molar-refractivity contribution in [1.29, 1.82) is 0 Å². The van der Waals surface area contributed by atoms with Crippen LogP contribution in [-0.4, -0.2) is 35.0 Å². The zero-order valence-electron chi connectivity index (χ0n) is 12.4. The largest absolute Gasteiger partial charge is 0.480 e. The lowest BCUT2D eigenvalue weighted by Gasteiger charge is -2.38. The molecule has 1 heterocycles. The average molecular weight is 381 g/mol. The highest BCUT2D eigenvalue weighted by atomic mass is 79.9. The third-order valence-corrected chi connectivity index (χ3v) is 5.29. The normalized spacial score (nSPS) is 22.6. The zero-order chi connectivity index (χ0) is 16.6. The summed E-state index contributed by atoms with van der Waals surface area (Å²) in [6.07, 6.45) is 1.79. The second kappa shape index (κ2) is 5.96. The third-order valence-electron chi connectivity index (χ3n) is 4.62. The van der Waals surface area contributed by atoms with Gasteiger partial charge in [-0.25, -0.2) is 4.79 Å². The smallest absolute Gasteiger partial charge is 0.329 e. The highest BCUT2D eigenvalue weighted by Gasteiger charge is 2.47. The molecule has 23 heavy (non-hydrogen) atoms. The number of carbonyl (C=O) groups excluding carboxylic acids is 2. The predicted octanol–water partition coefficient (Wildman–Crippen LogP) is 1.93. The molecule has 1 aliphatic heterocycles. The summed E-state index contributed by atoms with van der Waals surface area (Å²) in [5.41, 5.74) is -0.412. The van der Waals surface area contributed by atoms with Crippen molar-refractivity contribution in [2.75, 3.05) is 11.4 Å². The highest BCUT2D eigenvalue weighted by molar-refractivity contribution is 9.10. The number of carboxylic acid groups (broad SMARTS) is 1. The lowest BCUT2D eigenvalue weighted by Crippen LogP contribution is -2.60. The quantitative estimate of drug-likeness (QED) is 0.835. The highest BCUT2D eigenvalue weighted by Crippen LogP contribution is 2.34.